The van der Waals surface area contributed by atoms with E-state index < -0.39 is 17.6 Å². The summed E-state index contributed by atoms with van der Waals surface area (Å²) < 4.78 is 48.8. The van der Waals surface area contributed by atoms with Crippen LogP contribution >= 0.6 is 0 Å². The first-order valence-corrected chi connectivity index (χ1v) is 17.1. The molecule has 1 aliphatic heterocycles. The van der Waals surface area contributed by atoms with E-state index in [9.17, 15) is 32.7 Å². The van der Waals surface area contributed by atoms with Gasteiger partial charge in [0.1, 0.15) is 12.3 Å². The summed E-state index contributed by atoms with van der Waals surface area (Å²) in [6.45, 7) is 6.75. The van der Waals surface area contributed by atoms with Crippen molar-refractivity contribution < 1.29 is 32.6 Å². The quantitative estimate of drug-likeness (QED) is 0.207. The van der Waals surface area contributed by atoms with E-state index in [0.717, 1.165) is 17.7 Å². The Hall–Kier alpha value is -5.05. The molecule has 51 heavy (non-hydrogen) atoms. The van der Waals surface area contributed by atoms with Crippen molar-refractivity contribution in [1.29, 1.82) is 0 Å². The predicted octanol–water partition coefficient (Wildman–Crippen LogP) is 5.55. The molecule has 2 N–H and O–H groups in total. The number of aromatic hydroxyl groups is 1. The number of benzene rings is 1. The average Bonchev–Trinajstić information content (AvgIpc) is 3.74. The normalized spacial score (nSPS) is 16.0. The molecule has 6 rings (SSSR count). The summed E-state index contributed by atoms with van der Waals surface area (Å²) in [5, 5.41) is 17.5. The Morgan fingerprint density at radius 1 is 1.20 bits per heavy atom. The molecule has 0 fully saturated rings. The highest BCUT2D eigenvalue weighted by atomic mass is 19.4. The van der Waals surface area contributed by atoms with Crippen LogP contribution in [0.4, 0.5) is 18.9 Å². The van der Waals surface area contributed by atoms with Crippen LogP contribution < -0.4 is 10.9 Å². The van der Waals surface area contributed by atoms with Gasteiger partial charge >= 0.3 is 6.18 Å². The zero-order valence-corrected chi connectivity index (χ0v) is 28.7. The van der Waals surface area contributed by atoms with Crippen LogP contribution in [-0.4, -0.2) is 72.3 Å². The predicted molar refractivity (Wildman–Crippen MR) is 183 cm³/mol. The zero-order chi connectivity index (χ0) is 36.4. The largest absolute Gasteiger partial charge is 0.505 e. The molecule has 0 saturated carbocycles. The van der Waals surface area contributed by atoms with Gasteiger partial charge in [-0.2, -0.15) is 22.7 Å². The van der Waals surface area contributed by atoms with Crippen molar-refractivity contribution in [2.75, 3.05) is 31.6 Å². The fraction of sp³-hybridized carbons (Fsp3) is 0.444. The van der Waals surface area contributed by atoms with E-state index in [1.54, 1.807) is 29.4 Å². The number of aromatic nitrogens is 5. The molecule has 1 aromatic carbocycles. The number of fused-ring (bicyclic) bond motifs is 2. The number of halogens is 3. The molecular formula is C36H40F3N7O5. The Morgan fingerprint density at radius 2 is 2.00 bits per heavy atom. The number of anilines is 1. The van der Waals surface area contributed by atoms with E-state index in [0.29, 0.717) is 81.1 Å². The fourth-order valence-electron chi connectivity index (χ4n) is 6.88. The van der Waals surface area contributed by atoms with Crippen molar-refractivity contribution in [1.82, 2.24) is 29.0 Å². The van der Waals surface area contributed by atoms with Crippen molar-refractivity contribution >= 4 is 28.9 Å². The summed E-state index contributed by atoms with van der Waals surface area (Å²) in [6.07, 6.45) is 1.61. The second kappa shape index (κ2) is 14.7. The lowest BCUT2D eigenvalue weighted by Gasteiger charge is -2.22. The van der Waals surface area contributed by atoms with Gasteiger partial charge in [-0.05, 0) is 92.3 Å². The van der Waals surface area contributed by atoms with Gasteiger partial charge in [0.25, 0.3) is 11.5 Å². The highest BCUT2D eigenvalue weighted by Crippen LogP contribution is 2.36. The van der Waals surface area contributed by atoms with Gasteiger partial charge in [-0.25, -0.2) is 4.98 Å². The van der Waals surface area contributed by atoms with E-state index in [-0.39, 0.29) is 52.8 Å². The molecule has 0 spiro atoms. The summed E-state index contributed by atoms with van der Waals surface area (Å²) >= 11 is 0. The molecule has 0 saturated heterocycles. The first-order chi connectivity index (χ1) is 24.4. The minimum Gasteiger partial charge on any atom is -0.505 e. The van der Waals surface area contributed by atoms with Crippen molar-refractivity contribution in [3.05, 3.63) is 86.9 Å². The summed E-state index contributed by atoms with van der Waals surface area (Å²) in [5.41, 5.74) is 1.50. The lowest BCUT2D eigenvalue weighted by Crippen LogP contribution is -2.33. The number of rotatable bonds is 11. The molecule has 4 heterocycles. The van der Waals surface area contributed by atoms with E-state index in [2.05, 4.69) is 15.4 Å². The minimum absolute atomic E-state index is 0.0208. The first kappa shape index (κ1) is 35.8. The smallest absolute Gasteiger partial charge is 0.416 e. The Bertz CT molecular complexity index is 2050. The second-order valence-electron chi connectivity index (χ2n) is 13.1. The van der Waals surface area contributed by atoms with Crippen LogP contribution in [0.5, 0.6) is 5.75 Å². The van der Waals surface area contributed by atoms with Gasteiger partial charge in [-0.15, -0.1) is 5.10 Å². The molecule has 0 radical (unpaired) electrons. The molecule has 4 aromatic rings. The lowest BCUT2D eigenvalue weighted by atomic mass is 9.97. The molecule has 12 nitrogen and oxygen atoms in total. The van der Waals surface area contributed by atoms with Crippen LogP contribution in [0.1, 0.15) is 97.0 Å². The standard InChI is InChI=1S/C36H40F3N7O5/c1-4-44(34(50)31-28(47)8-5-15-40-31)16-6-7-22-9-12-27-30(22)33(49)46-35(42-32(43-46)23-13-17-51-18-14-23)45(27)20-29(48)41-26-11-10-24(36(37,38)39)19-25(26)21(2)3/h5,8,10-11,13,15,19,21-22,47H,4,6-7,9,12,14,16-18,20H2,1-3H3,(H,41,48). The molecule has 0 bridgehead atoms. The Balaban J connectivity index is 1.30. The fourth-order valence-corrected chi connectivity index (χ4v) is 6.88. The van der Waals surface area contributed by atoms with Crippen molar-refractivity contribution in [2.45, 2.75) is 77.4 Å². The molecule has 1 unspecified atom stereocenters. The molecule has 270 valence electrons. The highest BCUT2D eigenvalue weighted by molar-refractivity contribution is 5.94. The number of carbonyl (C=O) groups is 2. The summed E-state index contributed by atoms with van der Waals surface area (Å²) in [6, 6.07) is 6.23. The SMILES string of the molecule is CCN(CCCC1CCc2c1c(=O)n1nc(C3=CCOCC3)nc1n2CC(=O)Nc1ccc(C(F)(F)F)cc1C(C)C)C(=O)c1ncccc1O. The topological polar surface area (TPSA) is 144 Å². The third kappa shape index (κ3) is 7.39. The number of nitrogens with zero attached hydrogens (tertiary/aromatic N) is 6. The number of amides is 2. The van der Waals surface area contributed by atoms with Crippen LogP contribution in [0, 0.1) is 0 Å². The molecule has 2 amide bonds. The van der Waals surface area contributed by atoms with Crippen LogP contribution in [0.25, 0.3) is 11.4 Å². The second-order valence-corrected chi connectivity index (χ2v) is 13.1. The van der Waals surface area contributed by atoms with Gasteiger partial charge < -0.3 is 24.6 Å². The number of hydrogen-bond donors (Lipinski definition) is 2. The Labute approximate surface area is 292 Å². The van der Waals surface area contributed by atoms with Gasteiger partial charge in [-0.1, -0.05) is 19.9 Å². The van der Waals surface area contributed by atoms with E-state index in [1.165, 1.54) is 22.8 Å². The maximum Gasteiger partial charge on any atom is 0.416 e. The van der Waals surface area contributed by atoms with Crippen molar-refractivity contribution in [3.8, 4) is 5.75 Å². The van der Waals surface area contributed by atoms with Gasteiger partial charge in [0.2, 0.25) is 11.7 Å². The Kier molecular flexibility index (Phi) is 10.3. The maximum absolute atomic E-state index is 14.1. The minimum atomic E-state index is -4.53. The highest BCUT2D eigenvalue weighted by Gasteiger charge is 2.34. The van der Waals surface area contributed by atoms with E-state index in [1.807, 2.05) is 13.0 Å². The monoisotopic (exact) mass is 707 g/mol. The summed E-state index contributed by atoms with van der Waals surface area (Å²) in [5.74, 6) is -0.980. The number of carbonyl (C=O) groups excluding carboxylic acids is 2. The van der Waals surface area contributed by atoms with Crippen molar-refractivity contribution in [3.63, 3.8) is 0 Å². The maximum atomic E-state index is 14.1. The van der Waals surface area contributed by atoms with Crippen LogP contribution in [-0.2, 0) is 28.7 Å². The van der Waals surface area contributed by atoms with Crippen LogP contribution in [0.15, 0.2) is 47.4 Å². The van der Waals surface area contributed by atoms with Crippen LogP contribution in [0.3, 0.4) is 0 Å². The molecule has 1 atom stereocenters. The van der Waals surface area contributed by atoms with Crippen molar-refractivity contribution in [2.24, 2.45) is 0 Å². The molecule has 15 heteroatoms. The molecule has 2 aliphatic rings. The number of alkyl halides is 3. The van der Waals surface area contributed by atoms with Gasteiger partial charge in [0.15, 0.2) is 11.5 Å². The third-order valence-corrected chi connectivity index (χ3v) is 9.49. The van der Waals surface area contributed by atoms with Gasteiger partial charge in [-0.3, -0.25) is 14.4 Å². The lowest BCUT2D eigenvalue weighted by molar-refractivity contribution is -0.137. The van der Waals surface area contributed by atoms with E-state index in [4.69, 9.17) is 9.72 Å². The summed E-state index contributed by atoms with van der Waals surface area (Å²) in [4.78, 5) is 51.2. The van der Waals surface area contributed by atoms with Gasteiger partial charge in [0, 0.05) is 36.2 Å². The number of ether oxygens (including phenoxy) is 1. The molecule has 3 aromatic heterocycles. The molecule has 1 aliphatic carbocycles. The number of hydrogen-bond acceptors (Lipinski definition) is 8. The number of nitrogens with one attached hydrogen (secondary N) is 1. The Morgan fingerprint density at radius 3 is 2.69 bits per heavy atom. The zero-order valence-electron chi connectivity index (χ0n) is 28.7. The summed E-state index contributed by atoms with van der Waals surface area (Å²) in [7, 11) is 0. The van der Waals surface area contributed by atoms with Crippen LogP contribution in [0.2, 0.25) is 0 Å². The average molecular weight is 708 g/mol. The number of pyridine rings is 1. The first-order valence-electron chi connectivity index (χ1n) is 17.1. The molecular weight excluding hydrogens is 667 g/mol. The van der Waals surface area contributed by atoms with E-state index >= 15 is 0 Å². The van der Waals surface area contributed by atoms with Gasteiger partial charge in [0.05, 0.1) is 18.8 Å². The third-order valence-electron chi connectivity index (χ3n) is 9.49.